The van der Waals surface area contributed by atoms with E-state index in [1.54, 1.807) is 7.11 Å². The van der Waals surface area contributed by atoms with Gasteiger partial charge in [-0.15, -0.1) is 0 Å². The van der Waals surface area contributed by atoms with Gasteiger partial charge < -0.3 is 18.9 Å². The molecule has 0 bridgehead atoms. The van der Waals surface area contributed by atoms with Crippen molar-refractivity contribution in [2.24, 2.45) is 0 Å². The Balaban J connectivity index is 1.81. The van der Waals surface area contributed by atoms with Gasteiger partial charge in [0, 0.05) is 13.1 Å². The van der Waals surface area contributed by atoms with Crippen molar-refractivity contribution in [2.75, 3.05) is 47.1 Å². The highest BCUT2D eigenvalue weighted by Crippen LogP contribution is 2.17. The molecule has 0 aliphatic carbocycles. The highest BCUT2D eigenvalue weighted by Gasteiger charge is 2.29. The van der Waals surface area contributed by atoms with Gasteiger partial charge >= 0.3 is 5.97 Å². The third-order valence-corrected chi connectivity index (χ3v) is 3.42. The third kappa shape index (κ3) is 4.34. The zero-order valence-electron chi connectivity index (χ0n) is 12.4. The normalized spacial score (nSPS) is 19.0. The zero-order valence-corrected chi connectivity index (χ0v) is 12.4. The molecule has 2 rings (SSSR count). The molecular weight excluding hydrogens is 274 g/mol. The molecule has 1 saturated heterocycles. The molecule has 1 unspecified atom stereocenters. The Bertz CT molecular complexity index is 448. The lowest BCUT2D eigenvalue weighted by atomic mass is 10.2. The minimum absolute atomic E-state index is 0.265. The van der Waals surface area contributed by atoms with Crippen LogP contribution in [-0.4, -0.2) is 64.0 Å². The van der Waals surface area contributed by atoms with E-state index in [0.29, 0.717) is 32.9 Å². The molecule has 6 nitrogen and oxygen atoms in total. The van der Waals surface area contributed by atoms with Crippen LogP contribution < -0.4 is 9.47 Å². The molecule has 0 spiro atoms. The van der Waals surface area contributed by atoms with E-state index in [4.69, 9.17) is 18.9 Å². The van der Waals surface area contributed by atoms with Gasteiger partial charge in [-0.2, -0.15) is 0 Å². The summed E-state index contributed by atoms with van der Waals surface area (Å²) < 4.78 is 20.9. The van der Waals surface area contributed by atoms with Crippen LogP contribution in [0.4, 0.5) is 0 Å². The van der Waals surface area contributed by atoms with Gasteiger partial charge in [-0.05, 0) is 24.3 Å². The number of rotatable bonds is 6. The number of ether oxygens (including phenoxy) is 4. The number of nitrogens with zero attached hydrogens (tertiary/aromatic N) is 1. The van der Waals surface area contributed by atoms with Crippen molar-refractivity contribution < 1.29 is 23.7 Å². The molecule has 1 atom stereocenters. The van der Waals surface area contributed by atoms with Crippen molar-refractivity contribution in [1.29, 1.82) is 0 Å². The Hall–Kier alpha value is -1.79. The summed E-state index contributed by atoms with van der Waals surface area (Å²) in [5.41, 5.74) is 0. The highest BCUT2D eigenvalue weighted by molar-refractivity contribution is 5.75. The van der Waals surface area contributed by atoms with Crippen LogP contribution in [0.1, 0.15) is 0 Å². The standard InChI is InChI=1S/C15H21NO5/c1-18-12-3-5-13(6-4-12)21-10-8-16-7-9-20-11-14(16)15(17)19-2/h3-6,14H,7-11H2,1-2H3. The molecule has 1 fully saturated rings. The summed E-state index contributed by atoms with van der Waals surface area (Å²) >= 11 is 0. The summed E-state index contributed by atoms with van der Waals surface area (Å²) in [6.45, 7) is 2.84. The summed E-state index contributed by atoms with van der Waals surface area (Å²) in [6.07, 6.45) is 0. The second-order valence-electron chi connectivity index (χ2n) is 4.67. The van der Waals surface area contributed by atoms with E-state index >= 15 is 0 Å². The van der Waals surface area contributed by atoms with E-state index < -0.39 is 0 Å². The molecule has 21 heavy (non-hydrogen) atoms. The molecule has 0 N–H and O–H groups in total. The van der Waals surface area contributed by atoms with E-state index in [2.05, 4.69) is 0 Å². The van der Waals surface area contributed by atoms with Gasteiger partial charge in [-0.1, -0.05) is 0 Å². The topological polar surface area (TPSA) is 57.2 Å². The van der Waals surface area contributed by atoms with E-state index in [9.17, 15) is 4.79 Å². The first-order chi connectivity index (χ1) is 10.2. The second-order valence-corrected chi connectivity index (χ2v) is 4.67. The van der Waals surface area contributed by atoms with Crippen molar-refractivity contribution in [2.45, 2.75) is 6.04 Å². The second kappa shape index (κ2) is 7.85. The van der Waals surface area contributed by atoms with Crippen molar-refractivity contribution in [3.63, 3.8) is 0 Å². The van der Waals surface area contributed by atoms with E-state index in [1.165, 1.54) is 7.11 Å². The van der Waals surface area contributed by atoms with Crippen LogP contribution in [0.5, 0.6) is 11.5 Å². The predicted octanol–water partition coefficient (Wildman–Crippen LogP) is 0.948. The van der Waals surface area contributed by atoms with Crippen LogP contribution in [0.25, 0.3) is 0 Å². The highest BCUT2D eigenvalue weighted by atomic mass is 16.5. The van der Waals surface area contributed by atoms with Crippen molar-refractivity contribution in [3.8, 4) is 11.5 Å². The summed E-state index contributed by atoms with van der Waals surface area (Å²) in [5.74, 6) is 1.30. The van der Waals surface area contributed by atoms with Crippen molar-refractivity contribution in [1.82, 2.24) is 4.90 Å². The minimum Gasteiger partial charge on any atom is -0.497 e. The first-order valence-electron chi connectivity index (χ1n) is 6.91. The third-order valence-electron chi connectivity index (χ3n) is 3.42. The lowest BCUT2D eigenvalue weighted by Crippen LogP contribution is -2.51. The fourth-order valence-electron chi connectivity index (χ4n) is 2.21. The quantitative estimate of drug-likeness (QED) is 0.728. The average Bonchev–Trinajstić information content (AvgIpc) is 2.55. The van der Waals surface area contributed by atoms with Crippen LogP contribution >= 0.6 is 0 Å². The van der Waals surface area contributed by atoms with Gasteiger partial charge in [0.25, 0.3) is 0 Å². The number of hydrogen-bond acceptors (Lipinski definition) is 6. The summed E-state index contributed by atoms with van der Waals surface area (Å²) in [4.78, 5) is 13.7. The molecule has 1 aromatic rings. The molecule has 0 saturated carbocycles. The monoisotopic (exact) mass is 295 g/mol. The molecule has 0 aromatic heterocycles. The number of methoxy groups -OCH3 is 2. The maximum absolute atomic E-state index is 11.7. The van der Waals surface area contributed by atoms with Crippen LogP contribution in [0.2, 0.25) is 0 Å². The average molecular weight is 295 g/mol. The predicted molar refractivity (Wildman–Crippen MR) is 76.7 cm³/mol. The Morgan fingerprint density at radius 1 is 1.29 bits per heavy atom. The Labute approximate surface area is 124 Å². The van der Waals surface area contributed by atoms with Gasteiger partial charge in [0.15, 0.2) is 0 Å². The Morgan fingerprint density at radius 3 is 2.67 bits per heavy atom. The minimum atomic E-state index is -0.344. The van der Waals surface area contributed by atoms with Gasteiger partial charge in [-0.3, -0.25) is 9.69 Å². The lowest BCUT2D eigenvalue weighted by Gasteiger charge is -2.33. The molecular formula is C15H21NO5. The molecule has 0 amide bonds. The number of morpholine rings is 1. The fourth-order valence-corrected chi connectivity index (χ4v) is 2.21. The molecule has 1 aromatic carbocycles. The van der Waals surface area contributed by atoms with Gasteiger partial charge in [-0.25, -0.2) is 0 Å². The van der Waals surface area contributed by atoms with Crippen LogP contribution in [-0.2, 0) is 14.3 Å². The number of carbonyl (C=O) groups excluding carboxylic acids is 1. The number of carbonyl (C=O) groups is 1. The number of benzene rings is 1. The zero-order chi connectivity index (χ0) is 15.1. The van der Waals surface area contributed by atoms with Crippen LogP contribution in [0.3, 0.4) is 0 Å². The van der Waals surface area contributed by atoms with E-state index in [0.717, 1.165) is 11.5 Å². The van der Waals surface area contributed by atoms with Crippen molar-refractivity contribution >= 4 is 5.97 Å². The van der Waals surface area contributed by atoms with Gasteiger partial charge in [0.1, 0.15) is 24.1 Å². The number of esters is 1. The van der Waals surface area contributed by atoms with Crippen molar-refractivity contribution in [3.05, 3.63) is 24.3 Å². The smallest absolute Gasteiger partial charge is 0.325 e. The molecule has 6 heteroatoms. The number of hydrogen-bond donors (Lipinski definition) is 0. The van der Waals surface area contributed by atoms with E-state index in [-0.39, 0.29) is 12.0 Å². The fraction of sp³-hybridized carbons (Fsp3) is 0.533. The molecule has 1 heterocycles. The van der Waals surface area contributed by atoms with Gasteiger partial charge in [0.05, 0.1) is 27.4 Å². The first-order valence-corrected chi connectivity index (χ1v) is 6.91. The SMILES string of the molecule is COC(=O)C1COCCN1CCOc1ccc(OC)cc1. The summed E-state index contributed by atoms with van der Waals surface area (Å²) in [6, 6.07) is 7.07. The van der Waals surface area contributed by atoms with Crippen LogP contribution in [0.15, 0.2) is 24.3 Å². The van der Waals surface area contributed by atoms with Crippen LogP contribution in [0, 0.1) is 0 Å². The molecule has 1 aliphatic heterocycles. The maximum atomic E-state index is 11.7. The molecule has 0 radical (unpaired) electrons. The maximum Gasteiger partial charge on any atom is 0.325 e. The Kier molecular flexibility index (Phi) is 5.83. The van der Waals surface area contributed by atoms with Gasteiger partial charge in [0.2, 0.25) is 0 Å². The Morgan fingerprint density at radius 2 is 2.00 bits per heavy atom. The summed E-state index contributed by atoms with van der Waals surface area (Å²) in [7, 11) is 3.02. The van der Waals surface area contributed by atoms with E-state index in [1.807, 2.05) is 29.2 Å². The molecule has 1 aliphatic rings. The molecule has 116 valence electrons. The lowest BCUT2D eigenvalue weighted by molar-refractivity contribution is -0.153. The summed E-state index contributed by atoms with van der Waals surface area (Å²) in [5, 5.41) is 0. The first kappa shape index (κ1) is 15.6. The largest absolute Gasteiger partial charge is 0.497 e.